The summed E-state index contributed by atoms with van der Waals surface area (Å²) in [7, 11) is 0. The van der Waals surface area contributed by atoms with Gasteiger partial charge in [0.1, 0.15) is 0 Å². The first kappa shape index (κ1) is 15.0. The maximum absolute atomic E-state index is 6.22. The average molecular weight is 241 g/mol. The smallest absolute Gasteiger partial charge is 0.0677 e. The largest absolute Gasteiger partial charge is 0.369 e. The third kappa shape index (κ3) is 3.96. The molecule has 1 N–H and O–H groups in total. The van der Waals surface area contributed by atoms with Crippen LogP contribution in [0.15, 0.2) is 0 Å². The van der Waals surface area contributed by atoms with E-state index in [1.165, 1.54) is 6.42 Å². The fourth-order valence-electron chi connectivity index (χ4n) is 3.39. The Morgan fingerprint density at radius 2 is 1.82 bits per heavy atom. The predicted molar refractivity (Wildman–Crippen MR) is 74.3 cm³/mol. The molecule has 0 spiro atoms. The molecule has 0 aromatic heterocycles. The lowest BCUT2D eigenvalue weighted by Gasteiger charge is -2.34. The van der Waals surface area contributed by atoms with E-state index in [-0.39, 0.29) is 11.2 Å². The van der Waals surface area contributed by atoms with Crippen LogP contribution in [0.4, 0.5) is 0 Å². The first-order valence-electron chi connectivity index (χ1n) is 7.11. The Balaban J connectivity index is 2.79. The Morgan fingerprint density at radius 3 is 2.18 bits per heavy atom. The van der Waals surface area contributed by atoms with Gasteiger partial charge in [0, 0.05) is 12.0 Å². The van der Waals surface area contributed by atoms with E-state index in [1.807, 2.05) is 0 Å². The van der Waals surface area contributed by atoms with Gasteiger partial charge in [0.25, 0.3) is 0 Å². The third-order valence-corrected chi connectivity index (χ3v) is 3.82. The Morgan fingerprint density at radius 1 is 1.24 bits per heavy atom. The lowest BCUT2D eigenvalue weighted by atomic mass is 9.78. The number of nitrogens with one attached hydrogen (secondary N) is 1. The minimum atomic E-state index is -0.00870. The number of hydrogen-bond acceptors (Lipinski definition) is 2. The summed E-state index contributed by atoms with van der Waals surface area (Å²) in [6.07, 6.45) is 2.39. The van der Waals surface area contributed by atoms with Gasteiger partial charge < -0.3 is 10.1 Å². The first-order chi connectivity index (χ1) is 7.68. The standard InChI is InChI=1S/C15H31NO/c1-8-16-13(9-11(2)3)12-10-14(4,5)17-15(12,6)7/h11-13,16H,8-10H2,1-7H3. The van der Waals surface area contributed by atoms with Crippen molar-refractivity contribution in [2.24, 2.45) is 11.8 Å². The van der Waals surface area contributed by atoms with E-state index < -0.39 is 0 Å². The van der Waals surface area contributed by atoms with Crippen molar-refractivity contribution in [1.29, 1.82) is 0 Å². The minimum Gasteiger partial charge on any atom is -0.369 e. The van der Waals surface area contributed by atoms with Crippen molar-refractivity contribution >= 4 is 0 Å². The van der Waals surface area contributed by atoms with Crippen molar-refractivity contribution in [3.8, 4) is 0 Å². The van der Waals surface area contributed by atoms with Crippen LogP contribution in [0, 0.1) is 11.8 Å². The van der Waals surface area contributed by atoms with E-state index in [9.17, 15) is 0 Å². The molecule has 2 nitrogen and oxygen atoms in total. The lowest BCUT2D eigenvalue weighted by molar-refractivity contribution is -0.0781. The Bertz CT molecular complexity index is 245. The van der Waals surface area contributed by atoms with Crippen molar-refractivity contribution in [2.45, 2.75) is 78.6 Å². The number of hydrogen-bond donors (Lipinski definition) is 1. The molecule has 17 heavy (non-hydrogen) atoms. The topological polar surface area (TPSA) is 21.3 Å². The second-order valence-electron chi connectivity index (χ2n) is 7.07. The summed E-state index contributed by atoms with van der Waals surface area (Å²) in [5, 5.41) is 3.67. The van der Waals surface area contributed by atoms with Crippen LogP contribution in [-0.2, 0) is 4.74 Å². The van der Waals surface area contributed by atoms with Gasteiger partial charge in [-0.25, -0.2) is 0 Å². The molecule has 1 aliphatic rings. The summed E-state index contributed by atoms with van der Waals surface area (Å²) in [5.41, 5.74) is 0.0179. The summed E-state index contributed by atoms with van der Waals surface area (Å²) >= 11 is 0. The zero-order valence-electron chi connectivity index (χ0n) is 12.8. The highest BCUT2D eigenvalue weighted by Crippen LogP contribution is 2.44. The second kappa shape index (κ2) is 5.27. The van der Waals surface area contributed by atoms with E-state index in [4.69, 9.17) is 4.74 Å². The van der Waals surface area contributed by atoms with Gasteiger partial charge in [-0.2, -0.15) is 0 Å². The zero-order valence-corrected chi connectivity index (χ0v) is 12.8. The maximum atomic E-state index is 6.22. The van der Waals surface area contributed by atoms with Gasteiger partial charge in [-0.05, 0) is 53.0 Å². The van der Waals surface area contributed by atoms with Crippen LogP contribution in [0.1, 0.15) is 61.3 Å². The fourth-order valence-corrected chi connectivity index (χ4v) is 3.39. The van der Waals surface area contributed by atoms with Gasteiger partial charge in [-0.1, -0.05) is 20.8 Å². The minimum absolute atomic E-state index is 0.00870. The Hall–Kier alpha value is -0.0800. The van der Waals surface area contributed by atoms with Crippen molar-refractivity contribution in [3.63, 3.8) is 0 Å². The molecule has 1 fully saturated rings. The molecule has 1 rings (SSSR count). The van der Waals surface area contributed by atoms with E-state index >= 15 is 0 Å². The molecule has 0 aromatic rings. The molecule has 102 valence electrons. The zero-order chi connectivity index (χ0) is 13.3. The van der Waals surface area contributed by atoms with E-state index in [0.717, 1.165) is 18.9 Å². The van der Waals surface area contributed by atoms with Crippen molar-refractivity contribution in [2.75, 3.05) is 6.54 Å². The summed E-state index contributed by atoms with van der Waals surface area (Å²) in [5.74, 6) is 1.35. The first-order valence-corrected chi connectivity index (χ1v) is 7.11. The molecule has 0 saturated carbocycles. The summed E-state index contributed by atoms with van der Waals surface area (Å²) in [6.45, 7) is 16.8. The van der Waals surface area contributed by atoms with Crippen LogP contribution in [0.25, 0.3) is 0 Å². The molecule has 2 atom stereocenters. The Kier molecular flexibility index (Phi) is 4.65. The molecular formula is C15H31NO. The van der Waals surface area contributed by atoms with Gasteiger partial charge in [-0.3, -0.25) is 0 Å². The predicted octanol–water partition coefficient (Wildman–Crippen LogP) is 3.60. The van der Waals surface area contributed by atoms with Crippen molar-refractivity contribution < 1.29 is 4.74 Å². The molecule has 2 heteroatoms. The molecule has 1 saturated heterocycles. The number of ether oxygens (including phenoxy) is 1. The molecule has 0 radical (unpaired) electrons. The van der Waals surface area contributed by atoms with E-state index in [1.54, 1.807) is 0 Å². The van der Waals surface area contributed by atoms with Gasteiger partial charge in [-0.15, -0.1) is 0 Å². The van der Waals surface area contributed by atoms with Gasteiger partial charge in [0.05, 0.1) is 11.2 Å². The van der Waals surface area contributed by atoms with Crippen LogP contribution in [-0.4, -0.2) is 23.8 Å². The number of rotatable bonds is 5. The maximum Gasteiger partial charge on any atom is 0.0677 e. The Labute approximate surface area is 108 Å². The molecule has 0 aliphatic carbocycles. The highest BCUT2D eigenvalue weighted by Gasteiger charge is 2.48. The van der Waals surface area contributed by atoms with E-state index in [2.05, 4.69) is 53.8 Å². The van der Waals surface area contributed by atoms with Crippen molar-refractivity contribution in [1.82, 2.24) is 5.32 Å². The highest BCUT2D eigenvalue weighted by molar-refractivity contribution is 4.99. The van der Waals surface area contributed by atoms with Crippen LogP contribution < -0.4 is 5.32 Å². The molecule has 0 aromatic carbocycles. The lowest BCUT2D eigenvalue weighted by Crippen LogP contribution is -2.44. The SMILES string of the molecule is CCNC(CC(C)C)C1CC(C)(C)OC1(C)C. The van der Waals surface area contributed by atoms with Crippen LogP contribution in [0.3, 0.4) is 0 Å². The summed E-state index contributed by atoms with van der Waals surface area (Å²) in [6, 6.07) is 0.580. The van der Waals surface area contributed by atoms with Crippen LogP contribution >= 0.6 is 0 Å². The molecule has 1 aliphatic heterocycles. The van der Waals surface area contributed by atoms with Gasteiger partial charge in [0.2, 0.25) is 0 Å². The molecular weight excluding hydrogens is 210 g/mol. The average Bonchev–Trinajstić information content (AvgIpc) is 2.32. The molecule has 2 unspecified atom stereocenters. The van der Waals surface area contributed by atoms with Crippen molar-refractivity contribution in [3.05, 3.63) is 0 Å². The van der Waals surface area contributed by atoms with Gasteiger partial charge in [0.15, 0.2) is 0 Å². The van der Waals surface area contributed by atoms with Gasteiger partial charge >= 0.3 is 0 Å². The normalized spacial score (nSPS) is 28.6. The molecule has 0 amide bonds. The molecule has 1 heterocycles. The highest BCUT2D eigenvalue weighted by atomic mass is 16.5. The monoisotopic (exact) mass is 241 g/mol. The second-order valence-corrected chi connectivity index (χ2v) is 7.07. The van der Waals surface area contributed by atoms with Crippen LogP contribution in [0.5, 0.6) is 0 Å². The summed E-state index contributed by atoms with van der Waals surface area (Å²) in [4.78, 5) is 0. The quantitative estimate of drug-likeness (QED) is 0.794. The molecule has 0 bridgehead atoms. The van der Waals surface area contributed by atoms with E-state index in [0.29, 0.717) is 12.0 Å². The van der Waals surface area contributed by atoms with Crippen LogP contribution in [0.2, 0.25) is 0 Å². The fraction of sp³-hybridized carbons (Fsp3) is 1.00. The summed E-state index contributed by atoms with van der Waals surface area (Å²) < 4.78 is 6.22. The third-order valence-electron chi connectivity index (χ3n) is 3.82.